The van der Waals surface area contributed by atoms with Crippen LogP contribution in [0.2, 0.25) is 0 Å². The highest BCUT2D eigenvalue weighted by atomic mass is 32.2. The van der Waals surface area contributed by atoms with E-state index in [1.165, 1.54) is 16.4 Å². The summed E-state index contributed by atoms with van der Waals surface area (Å²) in [5.41, 5.74) is 0.483. The molecule has 2 heterocycles. The number of sulfonamides is 1. The highest BCUT2D eigenvalue weighted by Gasteiger charge is 2.29. The molecule has 184 valence electrons. The van der Waals surface area contributed by atoms with Gasteiger partial charge >= 0.3 is 0 Å². The molecule has 1 amide bonds. The Bertz CT molecular complexity index is 1210. The summed E-state index contributed by atoms with van der Waals surface area (Å²) in [6, 6.07) is 13.1. The van der Waals surface area contributed by atoms with E-state index in [0.717, 1.165) is 11.6 Å². The first kappa shape index (κ1) is 24.4. The van der Waals surface area contributed by atoms with Gasteiger partial charge in [-0.2, -0.15) is 4.31 Å². The molecule has 1 N–H and O–H groups in total. The molecule has 0 spiro atoms. The van der Waals surface area contributed by atoms with Crippen molar-refractivity contribution < 1.29 is 22.7 Å². The molecule has 10 nitrogen and oxygen atoms in total. The minimum absolute atomic E-state index is 0.175. The lowest BCUT2D eigenvalue weighted by Crippen LogP contribution is -2.48. The van der Waals surface area contributed by atoms with Crippen molar-refractivity contribution in [1.29, 1.82) is 0 Å². The largest absolute Gasteiger partial charge is 0.494 e. The van der Waals surface area contributed by atoms with Gasteiger partial charge in [-0.15, -0.1) is 0 Å². The Balaban J connectivity index is 1.28. The zero-order chi connectivity index (χ0) is 24.7. The number of hydrogen-bond acceptors (Lipinski definition) is 8. The van der Waals surface area contributed by atoms with Crippen LogP contribution >= 0.6 is 0 Å². The Kier molecular flexibility index (Phi) is 7.78. The molecule has 1 fully saturated rings. The quantitative estimate of drug-likeness (QED) is 0.479. The number of rotatable bonds is 9. The molecule has 35 heavy (non-hydrogen) atoms. The first-order chi connectivity index (χ1) is 17.0. The predicted molar refractivity (Wildman–Crippen MR) is 131 cm³/mol. The number of nitrogens with one attached hydrogen (secondary N) is 1. The number of ether oxygens (including phenoxy) is 2. The van der Waals surface area contributed by atoms with Crippen LogP contribution in [0.1, 0.15) is 6.92 Å². The smallest absolute Gasteiger partial charge is 0.262 e. The first-order valence-electron chi connectivity index (χ1n) is 11.2. The van der Waals surface area contributed by atoms with Gasteiger partial charge in [-0.3, -0.25) is 9.78 Å². The lowest BCUT2D eigenvalue weighted by atomic mass is 10.3. The summed E-state index contributed by atoms with van der Waals surface area (Å²) < 4.78 is 38.4. The zero-order valence-corrected chi connectivity index (χ0v) is 20.1. The van der Waals surface area contributed by atoms with Crippen LogP contribution in [-0.2, 0) is 14.8 Å². The van der Waals surface area contributed by atoms with Crippen LogP contribution in [0.25, 0.3) is 0 Å². The number of nitrogens with zero attached hydrogens (tertiary/aromatic N) is 4. The molecule has 4 rings (SSSR count). The van der Waals surface area contributed by atoms with E-state index in [9.17, 15) is 13.2 Å². The van der Waals surface area contributed by atoms with E-state index in [-0.39, 0.29) is 17.4 Å². The fourth-order valence-corrected chi connectivity index (χ4v) is 5.04. The minimum atomic E-state index is -3.64. The van der Waals surface area contributed by atoms with Crippen LogP contribution in [0, 0.1) is 0 Å². The molecule has 1 aliphatic heterocycles. The highest BCUT2D eigenvalue weighted by molar-refractivity contribution is 7.89. The lowest BCUT2D eigenvalue weighted by molar-refractivity contribution is -0.118. The SMILES string of the molecule is CCOc1ccc(OCC(=O)Nc2ccc(S(=O)(=O)N3CCN(c4cnccn4)CC3)cc2)cc1. The summed E-state index contributed by atoms with van der Waals surface area (Å²) in [5.74, 6) is 1.65. The second-order valence-electron chi connectivity index (χ2n) is 7.72. The number of piperazine rings is 1. The fraction of sp³-hybridized carbons (Fsp3) is 0.292. The van der Waals surface area contributed by atoms with Crippen LogP contribution < -0.4 is 19.7 Å². The molecule has 11 heteroatoms. The lowest BCUT2D eigenvalue weighted by Gasteiger charge is -2.34. The van der Waals surface area contributed by atoms with Crippen molar-refractivity contribution in [3.63, 3.8) is 0 Å². The van der Waals surface area contributed by atoms with E-state index in [4.69, 9.17) is 9.47 Å². The van der Waals surface area contributed by atoms with Crippen molar-refractivity contribution in [2.75, 3.05) is 49.6 Å². The van der Waals surface area contributed by atoms with E-state index in [1.54, 1.807) is 55.0 Å². The Morgan fingerprint density at radius 2 is 1.60 bits per heavy atom. The van der Waals surface area contributed by atoms with Gasteiger partial charge in [0.2, 0.25) is 10.0 Å². The summed E-state index contributed by atoms with van der Waals surface area (Å²) in [6.45, 7) is 4.05. The second-order valence-corrected chi connectivity index (χ2v) is 9.66. The van der Waals surface area contributed by atoms with Gasteiger partial charge in [-0.25, -0.2) is 13.4 Å². The van der Waals surface area contributed by atoms with Gasteiger partial charge in [-0.1, -0.05) is 0 Å². The summed E-state index contributed by atoms with van der Waals surface area (Å²) in [7, 11) is -3.64. The summed E-state index contributed by atoms with van der Waals surface area (Å²) in [4.78, 5) is 22.7. The van der Waals surface area contributed by atoms with Crippen molar-refractivity contribution in [2.45, 2.75) is 11.8 Å². The van der Waals surface area contributed by atoms with Crippen LogP contribution in [0.15, 0.2) is 72.0 Å². The molecule has 0 radical (unpaired) electrons. The summed E-state index contributed by atoms with van der Waals surface area (Å²) >= 11 is 0. The van der Waals surface area contributed by atoms with Gasteiger partial charge in [0, 0.05) is 44.3 Å². The van der Waals surface area contributed by atoms with Gasteiger partial charge < -0.3 is 19.7 Å². The van der Waals surface area contributed by atoms with E-state index in [2.05, 4.69) is 15.3 Å². The third-order valence-corrected chi connectivity index (χ3v) is 7.31. The zero-order valence-electron chi connectivity index (χ0n) is 19.3. The minimum Gasteiger partial charge on any atom is -0.494 e. The molecule has 0 saturated carbocycles. The molecule has 0 atom stereocenters. The van der Waals surface area contributed by atoms with E-state index < -0.39 is 10.0 Å². The van der Waals surface area contributed by atoms with Crippen molar-refractivity contribution >= 4 is 27.4 Å². The molecule has 0 aliphatic carbocycles. The average molecular weight is 498 g/mol. The van der Waals surface area contributed by atoms with Gasteiger partial charge in [-0.05, 0) is 55.5 Å². The normalized spacial score (nSPS) is 14.4. The predicted octanol–water partition coefficient (Wildman–Crippen LogP) is 2.40. The first-order valence-corrected chi connectivity index (χ1v) is 12.7. The van der Waals surface area contributed by atoms with Gasteiger partial charge in [0.1, 0.15) is 17.3 Å². The molecule has 1 saturated heterocycles. The number of benzene rings is 2. The Morgan fingerprint density at radius 1 is 0.943 bits per heavy atom. The molecule has 1 aliphatic rings. The highest BCUT2D eigenvalue weighted by Crippen LogP contribution is 2.22. The number of amides is 1. The number of anilines is 2. The standard InChI is InChI=1S/C24H27N5O5S/c1-2-33-20-5-7-21(8-6-20)34-18-24(30)27-19-3-9-22(10-4-19)35(31,32)29-15-13-28(14-16-29)23-17-25-11-12-26-23/h3-12,17H,2,13-16,18H2,1H3,(H,27,30). The molecular formula is C24H27N5O5S. The molecule has 3 aromatic rings. The summed E-state index contributed by atoms with van der Waals surface area (Å²) in [6.07, 6.45) is 4.89. The number of aromatic nitrogens is 2. The third kappa shape index (κ3) is 6.25. The maximum absolute atomic E-state index is 13.1. The van der Waals surface area contributed by atoms with E-state index in [1.807, 2.05) is 11.8 Å². The fourth-order valence-electron chi connectivity index (χ4n) is 3.62. The third-order valence-electron chi connectivity index (χ3n) is 5.39. The van der Waals surface area contributed by atoms with E-state index >= 15 is 0 Å². The molecule has 1 aromatic heterocycles. The van der Waals surface area contributed by atoms with Crippen LogP contribution in [0.5, 0.6) is 11.5 Å². The Hall–Kier alpha value is -3.70. The molecule has 2 aromatic carbocycles. The summed E-state index contributed by atoms with van der Waals surface area (Å²) in [5, 5.41) is 2.71. The van der Waals surface area contributed by atoms with Gasteiger partial charge in [0.25, 0.3) is 5.91 Å². The van der Waals surface area contributed by atoms with Crippen LogP contribution in [0.3, 0.4) is 0 Å². The topological polar surface area (TPSA) is 114 Å². The monoisotopic (exact) mass is 497 g/mol. The van der Waals surface area contributed by atoms with Crippen molar-refractivity contribution in [2.24, 2.45) is 0 Å². The number of carbonyl (C=O) groups is 1. The van der Waals surface area contributed by atoms with E-state index in [0.29, 0.717) is 44.2 Å². The maximum atomic E-state index is 13.1. The molecule has 0 bridgehead atoms. The maximum Gasteiger partial charge on any atom is 0.262 e. The molecular weight excluding hydrogens is 470 g/mol. The Morgan fingerprint density at radius 3 is 2.20 bits per heavy atom. The Labute approximate surface area is 204 Å². The average Bonchev–Trinajstić information content (AvgIpc) is 2.89. The van der Waals surface area contributed by atoms with Crippen LogP contribution in [-0.4, -0.2) is 68.0 Å². The van der Waals surface area contributed by atoms with Gasteiger partial charge in [0.15, 0.2) is 6.61 Å². The van der Waals surface area contributed by atoms with Crippen molar-refractivity contribution in [3.8, 4) is 11.5 Å². The molecule has 0 unspecified atom stereocenters. The van der Waals surface area contributed by atoms with Crippen LogP contribution in [0.4, 0.5) is 11.5 Å². The van der Waals surface area contributed by atoms with Crippen molar-refractivity contribution in [1.82, 2.24) is 14.3 Å². The number of carbonyl (C=O) groups excluding carboxylic acids is 1. The van der Waals surface area contributed by atoms with Gasteiger partial charge in [0.05, 0.1) is 17.7 Å². The van der Waals surface area contributed by atoms with Crippen molar-refractivity contribution in [3.05, 3.63) is 67.1 Å². The second kappa shape index (κ2) is 11.2. The number of hydrogen-bond donors (Lipinski definition) is 1.